The molecule has 1 N–H and O–H groups in total. The van der Waals surface area contributed by atoms with Gasteiger partial charge in [-0.25, -0.2) is 4.79 Å². The molecule has 5 nitrogen and oxygen atoms in total. The summed E-state index contributed by atoms with van der Waals surface area (Å²) >= 11 is 3.47. The van der Waals surface area contributed by atoms with Gasteiger partial charge in [0.05, 0.1) is 5.39 Å². The standard InChI is InChI=1S/C22H26BrNO4Si/c1-22(2,3)29(4,5)28-19-17-12-11-16(13-18(17)27-20(19)23)24-21(25)26-14-15-9-7-6-8-10-15/h6-13H,14H2,1-5H3,(H,24,25). The molecule has 0 spiro atoms. The molecular weight excluding hydrogens is 450 g/mol. The first-order valence-electron chi connectivity index (χ1n) is 9.45. The normalized spacial score (nSPS) is 12.1. The number of halogens is 1. The first-order valence-corrected chi connectivity index (χ1v) is 13.2. The zero-order chi connectivity index (χ0) is 21.2. The maximum Gasteiger partial charge on any atom is 0.411 e. The van der Waals surface area contributed by atoms with Crippen molar-refractivity contribution in [3.05, 3.63) is 58.8 Å². The molecular formula is C22H26BrNO4Si. The summed E-state index contributed by atoms with van der Waals surface area (Å²) in [5, 5.41) is 3.67. The van der Waals surface area contributed by atoms with Crippen LogP contribution in [0, 0.1) is 0 Å². The van der Waals surface area contributed by atoms with E-state index >= 15 is 0 Å². The minimum atomic E-state index is -2.02. The van der Waals surface area contributed by atoms with Gasteiger partial charge in [0.1, 0.15) is 12.2 Å². The summed E-state index contributed by atoms with van der Waals surface area (Å²) in [7, 11) is -2.02. The predicted octanol–water partition coefficient (Wildman–Crippen LogP) is 7.33. The predicted molar refractivity (Wildman–Crippen MR) is 122 cm³/mol. The summed E-state index contributed by atoms with van der Waals surface area (Å²) in [4.78, 5) is 12.1. The molecule has 0 aliphatic heterocycles. The molecule has 0 aliphatic rings. The van der Waals surface area contributed by atoms with Gasteiger partial charge in [-0.2, -0.15) is 0 Å². The second-order valence-electron chi connectivity index (χ2n) is 8.46. The van der Waals surface area contributed by atoms with E-state index in [1.807, 2.05) is 42.5 Å². The molecule has 3 aromatic rings. The fraction of sp³-hybridized carbons (Fsp3) is 0.318. The Morgan fingerprint density at radius 3 is 2.48 bits per heavy atom. The van der Waals surface area contributed by atoms with Crippen LogP contribution in [0.15, 0.2) is 57.6 Å². The van der Waals surface area contributed by atoms with Crippen molar-refractivity contribution in [2.75, 3.05) is 5.32 Å². The van der Waals surface area contributed by atoms with E-state index in [4.69, 9.17) is 13.6 Å². The molecule has 0 saturated carbocycles. The summed E-state index contributed by atoms with van der Waals surface area (Å²) in [5.74, 6) is 0.713. The molecule has 1 amide bonds. The number of carbonyl (C=O) groups is 1. The lowest BCUT2D eigenvalue weighted by Crippen LogP contribution is -2.43. The number of nitrogens with one attached hydrogen (secondary N) is 1. The van der Waals surface area contributed by atoms with E-state index in [9.17, 15) is 4.79 Å². The van der Waals surface area contributed by atoms with E-state index in [1.54, 1.807) is 6.07 Å². The largest absolute Gasteiger partial charge is 0.540 e. The third kappa shape index (κ3) is 5.03. The average molecular weight is 476 g/mol. The summed E-state index contributed by atoms with van der Waals surface area (Å²) in [6.07, 6.45) is -0.517. The van der Waals surface area contributed by atoms with Gasteiger partial charge >= 0.3 is 6.09 Å². The van der Waals surface area contributed by atoms with Crippen molar-refractivity contribution >= 4 is 47.0 Å². The van der Waals surface area contributed by atoms with Crippen LogP contribution < -0.4 is 9.74 Å². The number of carbonyl (C=O) groups excluding carboxylic acids is 1. The fourth-order valence-electron chi connectivity index (χ4n) is 2.50. The van der Waals surface area contributed by atoms with Gasteiger partial charge in [0.2, 0.25) is 4.67 Å². The molecule has 7 heteroatoms. The lowest BCUT2D eigenvalue weighted by Gasteiger charge is -2.36. The maximum atomic E-state index is 12.1. The van der Waals surface area contributed by atoms with Gasteiger partial charge in [-0.3, -0.25) is 5.32 Å². The number of furan rings is 1. The highest BCUT2D eigenvalue weighted by Crippen LogP contribution is 2.44. The Hall–Kier alpha value is -2.25. The van der Waals surface area contributed by atoms with Crippen molar-refractivity contribution < 1.29 is 18.4 Å². The number of anilines is 1. The van der Waals surface area contributed by atoms with Gasteiger partial charge in [-0.15, -0.1) is 0 Å². The Morgan fingerprint density at radius 1 is 1.14 bits per heavy atom. The van der Waals surface area contributed by atoms with E-state index in [-0.39, 0.29) is 11.6 Å². The van der Waals surface area contributed by atoms with Crippen LogP contribution in [0.4, 0.5) is 10.5 Å². The molecule has 0 fully saturated rings. The second kappa shape index (κ2) is 8.24. The molecule has 3 rings (SSSR count). The first-order chi connectivity index (χ1) is 13.6. The third-order valence-corrected chi connectivity index (χ3v) is 10.1. The Balaban J connectivity index is 1.73. The van der Waals surface area contributed by atoms with Crippen LogP contribution >= 0.6 is 15.9 Å². The molecule has 0 radical (unpaired) electrons. The highest BCUT2D eigenvalue weighted by Gasteiger charge is 2.40. The summed E-state index contributed by atoms with van der Waals surface area (Å²) in [5.41, 5.74) is 2.16. The van der Waals surface area contributed by atoms with Crippen molar-refractivity contribution in [2.24, 2.45) is 0 Å². The van der Waals surface area contributed by atoms with Crippen molar-refractivity contribution in [3.63, 3.8) is 0 Å². The van der Waals surface area contributed by atoms with E-state index in [1.165, 1.54) is 0 Å². The quantitative estimate of drug-likeness (QED) is 0.392. The van der Waals surface area contributed by atoms with Gasteiger partial charge in [0.15, 0.2) is 5.75 Å². The van der Waals surface area contributed by atoms with Crippen LogP contribution in [0.2, 0.25) is 18.1 Å². The molecule has 0 bridgehead atoms. The molecule has 0 saturated heterocycles. The van der Waals surface area contributed by atoms with Crippen LogP contribution in [0.3, 0.4) is 0 Å². The zero-order valence-corrected chi connectivity index (χ0v) is 19.9. The summed E-state index contributed by atoms with van der Waals surface area (Å²) in [6, 6.07) is 15.0. The smallest absolute Gasteiger partial charge is 0.411 e. The molecule has 0 atom stereocenters. The van der Waals surface area contributed by atoms with Crippen LogP contribution in [0.1, 0.15) is 26.3 Å². The molecule has 29 heavy (non-hydrogen) atoms. The number of benzene rings is 2. The van der Waals surface area contributed by atoms with E-state index < -0.39 is 14.4 Å². The molecule has 0 unspecified atom stereocenters. The Bertz CT molecular complexity index is 1010. The monoisotopic (exact) mass is 475 g/mol. The fourth-order valence-corrected chi connectivity index (χ4v) is 4.14. The number of hydrogen-bond acceptors (Lipinski definition) is 4. The number of rotatable bonds is 5. The van der Waals surface area contributed by atoms with E-state index in [2.05, 4.69) is 55.1 Å². The van der Waals surface area contributed by atoms with Gasteiger partial charge in [0.25, 0.3) is 8.32 Å². The van der Waals surface area contributed by atoms with Gasteiger partial charge in [-0.1, -0.05) is 51.1 Å². The van der Waals surface area contributed by atoms with E-state index in [0.717, 1.165) is 10.9 Å². The maximum absolute atomic E-state index is 12.1. The number of fused-ring (bicyclic) bond motifs is 1. The van der Waals surface area contributed by atoms with Crippen LogP contribution in [0.5, 0.6) is 5.75 Å². The molecule has 0 aliphatic carbocycles. The Kier molecular flexibility index (Phi) is 6.10. The van der Waals surface area contributed by atoms with Gasteiger partial charge < -0.3 is 13.6 Å². The van der Waals surface area contributed by atoms with Crippen LogP contribution in [-0.4, -0.2) is 14.4 Å². The summed E-state index contributed by atoms with van der Waals surface area (Å²) < 4.78 is 18.1. The average Bonchev–Trinajstić information content (AvgIpc) is 2.94. The lowest BCUT2D eigenvalue weighted by molar-refractivity contribution is 0.155. The SMILES string of the molecule is CC(C)(C)[Si](C)(C)Oc1c(Br)oc2cc(NC(=O)OCc3ccccc3)ccc12. The van der Waals surface area contributed by atoms with Crippen molar-refractivity contribution in [3.8, 4) is 5.75 Å². The van der Waals surface area contributed by atoms with Gasteiger partial charge in [0, 0.05) is 11.8 Å². The minimum Gasteiger partial charge on any atom is -0.540 e. The zero-order valence-electron chi connectivity index (χ0n) is 17.3. The molecule has 1 heterocycles. The minimum absolute atomic E-state index is 0.0695. The van der Waals surface area contributed by atoms with Crippen LogP contribution in [0.25, 0.3) is 11.0 Å². The number of hydrogen-bond donors (Lipinski definition) is 1. The molecule has 154 valence electrons. The van der Waals surface area contributed by atoms with Crippen LogP contribution in [-0.2, 0) is 11.3 Å². The number of ether oxygens (including phenoxy) is 1. The Morgan fingerprint density at radius 2 is 1.83 bits per heavy atom. The van der Waals surface area contributed by atoms with Crippen molar-refractivity contribution in [1.82, 2.24) is 0 Å². The highest BCUT2D eigenvalue weighted by molar-refractivity contribution is 9.10. The number of amides is 1. The second-order valence-corrected chi connectivity index (χ2v) is 13.9. The topological polar surface area (TPSA) is 60.7 Å². The molecule has 2 aromatic carbocycles. The van der Waals surface area contributed by atoms with Crippen molar-refractivity contribution in [1.29, 1.82) is 0 Å². The van der Waals surface area contributed by atoms with E-state index in [0.29, 0.717) is 21.7 Å². The lowest BCUT2D eigenvalue weighted by atomic mass is 10.2. The molecule has 1 aromatic heterocycles. The highest BCUT2D eigenvalue weighted by atomic mass is 79.9. The Labute approximate surface area is 180 Å². The van der Waals surface area contributed by atoms with Gasteiger partial charge in [-0.05, 0) is 51.8 Å². The third-order valence-electron chi connectivity index (χ3n) is 5.23. The summed E-state index contributed by atoms with van der Waals surface area (Å²) in [6.45, 7) is 11.2. The first kappa shape index (κ1) is 21.5. The van der Waals surface area contributed by atoms with Crippen molar-refractivity contribution in [2.45, 2.75) is 45.5 Å².